The van der Waals surface area contributed by atoms with Crippen LogP contribution >= 0.6 is 11.6 Å². The van der Waals surface area contributed by atoms with Crippen molar-refractivity contribution in [2.45, 2.75) is 26.8 Å². The molecule has 0 amide bonds. The second-order valence-corrected chi connectivity index (χ2v) is 8.34. The number of benzene rings is 1. The second-order valence-electron chi connectivity index (χ2n) is 7.96. The Kier molecular flexibility index (Phi) is 6.40. The van der Waals surface area contributed by atoms with Gasteiger partial charge in [0.1, 0.15) is 33.6 Å². The fraction of sp³-hybridized carbons (Fsp3) is 0.167. The summed E-state index contributed by atoms with van der Waals surface area (Å²) in [5.41, 5.74) is 6.81. The van der Waals surface area contributed by atoms with E-state index in [2.05, 4.69) is 20.4 Å². The highest BCUT2D eigenvalue weighted by Gasteiger charge is 2.23. The molecule has 4 N–H and O–H groups in total. The molecule has 180 valence electrons. The summed E-state index contributed by atoms with van der Waals surface area (Å²) in [5, 5.41) is 15.7. The molecule has 0 fully saturated rings. The Bertz CT molecular complexity index is 1530. The van der Waals surface area contributed by atoms with Crippen LogP contribution in [0.1, 0.15) is 35.3 Å². The number of rotatable bonds is 5. The van der Waals surface area contributed by atoms with E-state index in [0.717, 1.165) is 17.8 Å². The van der Waals surface area contributed by atoms with Crippen LogP contribution in [0.5, 0.6) is 0 Å². The number of hydrogen-bond acceptors (Lipinski definition) is 7. The van der Waals surface area contributed by atoms with E-state index in [4.69, 9.17) is 27.0 Å². The Morgan fingerprint density at radius 2 is 2.00 bits per heavy atom. The van der Waals surface area contributed by atoms with Gasteiger partial charge in [0.15, 0.2) is 11.3 Å². The maximum Gasteiger partial charge on any atom is 0.226 e. The molecule has 1 aromatic carbocycles. The van der Waals surface area contributed by atoms with Crippen molar-refractivity contribution in [2.24, 2.45) is 10.9 Å². The Labute approximate surface area is 203 Å². The van der Waals surface area contributed by atoms with E-state index >= 15 is 0 Å². The van der Waals surface area contributed by atoms with Crippen LogP contribution in [-0.4, -0.2) is 21.0 Å². The van der Waals surface area contributed by atoms with E-state index in [9.17, 15) is 13.6 Å². The topological polar surface area (TPSA) is 127 Å². The number of halogens is 3. The lowest BCUT2D eigenvalue weighted by atomic mass is 9.99. The predicted molar refractivity (Wildman–Crippen MR) is 129 cm³/mol. The predicted octanol–water partition coefficient (Wildman–Crippen LogP) is 5.07. The number of hydrogen-bond donors (Lipinski definition) is 3. The van der Waals surface area contributed by atoms with E-state index < -0.39 is 28.8 Å². The molecule has 4 aromatic rings. The van der Waals surface area contributed by atoms with Gasteiger partial charge in [-0.25, -0.2) is 14.4 Å². The molecule has 0 aliphatic carbocycles. The minimum Gasteiger partial charge on any atom is -0.455 e. The van der Waals surface area contributed by atoms with E-state index in [0.29, 0.717) is 11.3 Å². The first-order valence-electron chi connectivity index (χ1n) is 10.4. The molecule has 1 atom stereocenters. The van der Waals surface area contributed by atoms with Crippen molar-refractivity contribution in [1.82, 2.24) is 9.97 Å². The number of nitrogens with two attached hydrogens (primary N) is 1. The van der Waals surface area contributed by atoms with E-state index in [1.807, 2.05) is 6.92 Å². The van der Waals surface area contributed by atoms with Crippen LogP contribution in [0.25, 0.3) is 22.3 Å². The van der Waals surface area contributed by atoms with Crippen LogP contribution in [-0.2, 0) is 0 Å². The maximum atomic E-state index is 14.5. The van der Waals surface area contributed by atoms with Gasteiger partial charge < -0.3 is 20.7 Å². The number of oxime groups is 1. The summed E-state index contributed by atoms with van der Waals surface area (Å²) in [5.74, 6) is -2.50. The van der Waals surface area contributed by atoms with Crippen molar-refractivity contribution in [3.63, 3.8) is 0 Å². The molecule has 1 unspecified atom stereocenters. The number of anilines is 1. The molecular formula is C24H20ClF2N5O3. The molecule has 0 saturated heterocycles. The van der Waals surface area contributed by atoms with Gasteiger partial charge in [-0.3, -0.25) is 4.79 Å². The number of aryl methyl sites for hydroxylation is 1. The first kappa shape index (κ1) is 24.1. The van der Waals surface area contributed by atoms with Gasteiger partial charge in [-0.05, 0) is 50.6 Å². The van der Waals surface area contributed by atoms with Crippen molar-refractivity contribution >= 4 is 34.1 Å². The Morgan fingerprint density at radius 1 is 1.26 bits per heavy atom. The van der Waals surface area contributed by atoms with Crippen molar-refractivity contribution < 1.29 is 18.4 Å². The van der Waals surface area contributed by atoms with Gasteiger partial charge in [0.05, 0.1) is 17.1 Å². The highest BCUT2D eigenvalue weighted by molar-refractivity contribution is 6.29. The maximum absolute atomic E-state index is 14.5. The molecule has 0 bridgehead atoms. The van der Waals surface area contributed by atoms with Crippen LogP contribution < -0.4 is 16.5 Å². The van der Waals surface area contributed by atoms with Crippen molar-refractivity contribution in [2.75, 3.05) is 5.32 Å². The Morgan fingerprint density at radius 3 is 2.69 bits per heavy atom. The SMILES string of the molecule is Cc1cc(C(C)Nc2ccc(Cl)nc2C(N)=NO)c2oc(-c3c(F)ccnc3F)c(C)c(=O)c2c1. The summed E-state index contributed by atoms with van der Waals surface area (Å²) < 4.78 is 35.0. The highest BCUT2D eigenvalue weighted by atomic mass is 35.5. The zero-order valence-electron chi connectivity index (χ0n) is 18.9. The van der Waals surface area contributed by atoms with Gasteiger partial charge in [-0.15, -0.1) is 0 Å². The lowest BCUT2D eigenvalue weighted by Gasteiger charge is -2.20. The normalized spacial score (nSPS) is 12.7. The number of aromatic nitrogens is 2. The summed E-state index contributed by atoms with van der Waals surface area (Å²) in [4.78, 5) is 20.8. The second kappa shape index (κ2) is 9.30. The van der Waals surface area contributed by atoms with Gasteiger partial charge in [-0.1, -0.05) is 22.8 Å². The molecule has 35 heavy (non-hydrogen) atoms. The summed E-state index contributed by atoms with van der Waals surface area (Å²) in [6.45, 7) is 5.03. The number of pyridine rings is 2. The van der Waals surface area contributed by atoms with Gasteiger partial charge in [0, 0.05) is 17.3 Å². The van der Waals surface area contributed by atoms with Gasteiger partial charge in [-0.2, -0.15) is 4.39 Å². The highest BCUT2D eigenvalue weighted by Crippen LogP contribution is 2.34. The largest absolute Gasteiger partial charge is 0.455 e. The molecule has 0 aliphatic rings. The smallest absolute Gasteiger partial charge is 0.226 e. The molecule has 11 heteroatoms. The zero-order valence-corrected chi connectivity index (χ0v) is 19.6. The minimum absolute atomic E-state index is 0.0524. The molecule has 3 aromatic heterocycles. The lowest BCUT2D eigenvalue weighted by molar-refractivity contribution is 0.318. The van der Waals surface area contributed by atoms with E-state index in [-0.39, 0.29) is 39.0 Å². The molecule has 3 heterocycles. The zero-order chi connectivity index (χ0) is 25.4. The molecule has 0 spiro atoms. The van der Waals surface area contributed by atoms with Crippen LogP contribution in [0.3, 0.4) is 0 Å². The first-order chi connectivity index (χ1) is 16.6. The minimum atomic E-state index is -1.09. The summed E-state index contributed by atoms with van der Waals surface area (Å²) in [6.07, 6.45) is 0.989. The van der Waals surface area contributed by atoms with Gasteiger partial charge >= 0.3 is 0 Å². The summed E-state index contributed by atoms with van der Waals surface area (Å²) in [6, 6.07) is 7.02. The molecule has 0 aliphatic heterocycles. The standard InChI is InChI=1S/C24H20ClF2N5O3/c1-10-8-13(12(3)30-16-4-5-17(25)31-19(16)24(28)32-34)22-14(9-10)20(33)11(2)21(35-22)18-15(26)6-7-29-23(18)27/h4-9,12,30,34H,1-3H3,(H2,28,32). The summed E-state index contributed by atoms with van der Waals surface area (Å²) >= 11 is 5.96. The lowest BCUT2D eigenvalue weighted by Crippen LogP contribution is -2.19. The number of nitrogens with zero attached hydrogens (tertiary/aromatic N) is 3. The third-order valence-corrected chi connectivity index (χ3v) is 5.73. The molecule has 8 nitrogen and oxygen atoms in total. The van der Waals surface area contributed by atoms with Gasteiger partial charge in [0.25, 0.3) is 0 Å². The average molecular weight is 500 g/mol. The van der Waals surface area contributed by atoms with E-state index in [1.54, 1.807) is 25.1 Å². The third-order valence-electron chi connectivity index (χ3n) is 5.52. The van der Waals surface area contributed by atoms with Crippen molar-refractivity contribution in [3.8, 4) is 11.3 Å². The summed E-state index contributed by atoms with van der Waals surface area (Å²) in [7, 11) is 0. The number of nitrogens with one attached hydrogen (secondary N) is 1. The molecular weight excluding hydrogens is 480 g/mol. The van der Waals surface area contributed by atoms with Crippen molar-refractivity contribution in [3.05, 3.63) is 86.1 Å². The quantitative estimate of drug-likeness (QED) is 0.115. The average Bonchev–Trinajstić information content (AvgIpc) is 2.82. The fourth-order valence-corrected chi connectivity index (χ4v) is 4.00. The van der Waals surface area contributed by atoms with Crippen LogP contribution in [0.2, 0.25) is 5.15 Å². The van der Waals surface area contributed by atoms with Crippen LogP contribution in [0.15, 0.2) is 50.9 Å². The fourth-order valence-electron chi connectivity index (χ4n) is 3.85. The number of fused-ring (bicyclic) bond motifs is 1. The van der Waals surface area contributed by atoms with Crippen LogP contribution in [0, 0.1) is 25.6 Å². The third kappa shape index (κ3) is 4.40. The van der Waals surface area contributed by atoms with E-state index in [1.165, 1.54) is 13.0 Å². The van der Waals surface area contributed by atoms with Crippen molar-refractivity contribution in [1.29, 1.82) is 0 Å². The Hall–Kier alpha value is -4.05. The monoisotopic (exact) mass is 499 g/mol. The number of amidine groups is 1. The van der Waals surface area contributed by atoms with Crippen LogP contribution in [0.4, 0.5) is 14.5 Å². The Balaban J connectivity index is 1.92. The molecule has 0 saturated carbocycles. The first-order valence-corrected chi connectivity index (χ1v) is 10.8. The van der Waals surface area contributed by atoms with Gasteiger partial charge in [0.2, 0.25) is 5.95 Å². The molecule has 4 rings (SSSR count). The molecule has 0 radical (unpaired) electrons.